The van der Waals surface area contributed by atoms with Crippen LogP contribution in [0, 0.1) is 11.6 Å². The molecule has 162 valence electrons. The smallest absolute Gasteiger partial charge is 0.253 e. The Morgan fingerprint density at radius 2 is 1.90 bits per heavy atom. The lowest BCUT2D eigenvalue weighted by Crippen LogP contribution is -2.20. The van der Waals surface area contributed by atoms with Gasteiger partial charge < -0.3 is 13.9 Å². The van der Waals surface area contributed by atoms with Crippen molar-refractivity contribution in [1.29, 1.82) is 0 Å². The molecular formula is C22H19F2N2O4S-. The zero-order chi connectivity index (χ0) is 22.1. The van der Waals surface area contributed by atoms with Gasteiger partial charge in [0.2, 0.25) is 0 Å². The fraction of sp³-hybridized carbons (Fsp3) is 0.227. The first-order chi connectivity index (χ1) is 14.8. The summed E-state index contributed by atoms with van der Waals surface area (Å²) >= 11 is -2.43. The van der Waals surface area contributed by atoms with E-state index in [4.69, 9.17) is 4.74 Å². The van der Waals surface area contributed by atoms with Crippen LogP contribution in [0.1, 0.15) is 29.9 Å². The van der Waals surface area contributed by atoms with Gasteiger partial charge in [0.05, 0.1) is 0 Å². The van der Waals surface area contributed by atoms with E-state index >= 15 is 0 Å². The van der Waals surface area contributed by atoms with Gasteiger partial charge in [-0.2, -0.15) is 0 Å². The van der Waals surface area contributed by atoms with Crippen molar-refractivity contribution < 1.29 is 22.3 Å². The van der Waals surface area contributed by atoms with Crippen molar-refractivity contribution in [2.45, 2.75) is 25.3 Å². The summed E-state index contributed by atoms with van der Waals surface area (Å²) in [6.07, 6.45) is 3.55. The Hall–Kier alpha value is -2.88. The van der Waals surface area contributed by atoms with Crippen LogP contribution in [-0.4, -0.2) is 13.3 Å². The lowest BCUT2D eigenvalue weighted by atomic mass is 10.0. The van der Waals surface area contributed by atoms with E-state index in [1.165, 1.54) is 10.6 Å². The third-order valence-electron chi connectivity index (χ3n) is 5.09. The van der Waals surface area contributed by atoms with Crippen LogP contribution in [-0.2, 0) is 24.9 Å². The highest BCUT2D eigenvalue weighted by atomic mass is 32.2. The average molecular weight is 445 g/mol. The number of halogens is 2. The molecule has 31 heavy (non-hydrogen) atoms. The molecule has 0 bridgehead atoms. The van der Waals surface area contributed by atoms with E-state index < -0.39 is 22.9 Å². The molecule has 0 radical (unpaired) electrons. The largest absolute Gasteiger partial charge is 0.760 e. The van der Waals surface area contributed by atoms with E-state index in [-0.39, 0.29) is 29.5 Å². The van der Waals surface area contributed by atoms with Crippen molar-refractivity contribution in [1.82, 2.24) is 9.29 Å². The molecule has 0 amide bonds. The Labute approximate surface area is 179 Å². The highest BCUT2D eigenvalue weighted by molar-refractivity contribution is 7.77. The van der Waals surface area contributed by atoms with Gasteiger partial charge in [-0.3, -0.25) is 9.00 Å². The summed E-state index contributed by atoms with van der Waals surface area (Å²) in [6.45, 7) is 0.0511. The van der Waals surface area contributed by atoms with Gasteiger partial charge in [-0.15, -0.1) is 0 Å². The molecule has 1 saturated carbocycles. The van der Waals surface area contributed by atoms with Crippen LogP contribution in [0.25, 0.3) is 11.1 Å². The Morgan fingerprint density at radius 1 is 1.16 bits per heavy atom. The molecule has 3 aromatic rings. The van der Waals surface area contributed by atoms with Gasteiger partial charge >= 0.3 is 0 Å². The van der Waals surface area contributed by atoms with Crippen molar-refractivity contribution in [2.75, 3.05) is 0 Å². The van der Waals surface area contributed by atoms with E-state index in [1.54, 1.807) is 37.5 Å². The maximum absolute atomic E-state index is 14.2. The zero-order valence-corrected chi connectivity index (χ0v) is 17.4. The maximum atomic E-state index is 14.2. The van der Waals surface area contributed by atoms with Crippen LogP contribution in [0.2, 0.25) is 0 Å². The third-order valence-corrected chi connectivity index (χ3v) is 5.47. The molecule has 1 aliphatic carbocycles. The zero-order valence-electron chi connectivity index (χ0n) is 16.6. The minimum absolute atomic E-state index is 0.0511. The first kappa shape index (κ1) is 21.4. The van der Waals surface area contributed by atoms with Crippen LogP contribution in [0.4, 0.5) is 8.78 Å². The number of pyridine rings is 1. The molecule has 6 nitrogen and oxygen atoms in total. The molecule has 1 unspecified atom stereocenters. The number of nitrogens with zero attached hydrogens (tertiary/aromatic N) is 1. The van der Waals surface area contributed by atoms with Crippen LogP contribution >= 0.6 is 0 Å². The Balaban J connectivity index is 1.80. The fourth-order valence-electron chi connectivity index (χ4n) is 3.39. The first-order valence-corrected chi connectivity index (χ1v) is 10.7. The molecule has 9 heteroatoms. The van der Waals surface area contributed by atoms with Gasteiger partial charge in [-0.1, -0.05) is 6.07 Å². The number of ether oxygens (including phenoxy) is 1. The van der Waals surface area contributed by atoms with Gasteiger partial charge in [0.25, 0.3) is 5.56 Å². The summed E-state index contributed by atoms with van der Waals surface area (Å²) in [6, 6.07) is 9.76. The van der Waals surface area contributed by atoms with Crippen LogP contribution < -0.4 is 15.0 Å². The Bertz CT molecular complexity index is 1220. The highest BCUT2D eigenvalue weighted by Gasteiger charge is 2.27. The summed E-state index contributed by atoms with van der Waals surface area (Å²) < 4.78 is 58.7. The normalized spacial score (nSPS) is 14.5. The monoisotopic (exact) mass is 445 g/mol. The van der Waals surface area contributed by atoms with Crippen LogP contribution in [0.3, 0.4) is 0 Å². The molecule has 1 heterocycles. The lowest BCUT2D eigenvalue weighted by Gasteiger charge is -2.16. The standard InChI is InChI=1S/C22H20F2N2O4S/c1-26-12-15(9-18(22(26)27)14-3-4-14)17-8-13(11-25-31(28)29)2-6-20(17)30-21-7-5-16(23)10-19(21)24/h2,5-10,12,14,25H,3-4,11H2,1H3,(H,28,29)/p-1. The molecule has 0 saturated heterocycles. The van der Waals surface area contributed by atoms with Gasteiger partial charge in [0, 0.05) is 53.8 Å². The number of benzene rings is 2. The molecule has 1 N–H and O–H groups in total. The van der Waals surface area contributed by atoms with Gasteiger partial charge in [-0.25, -0.2) is 13.5 Å². The number of hydrogen-bond donors (Lipinski definition) is 1. The molecule has 0 aliphatic heterocycles. The van der Waals surface area contributed by atoms with Crippen molar-refractivity contribution in [3.63, 3.8) is 0 Å². The number of aryl methyl sites for hydroxylation is 1. The topological polar surface area (TPSA) is 83.4 Å². The van der Waals surface area contributed by atoms with Crippen molar-refractivity contribution in [3.05, 3.63) is 81.8 Å². The molecule has 1 atom stereocenters. The van der Waals surface area contributed by atoms with Gasteiger partial charge in [0.15, 0.2) is 11.6 Å². The number of rotatable bonds is 7. The molecule has 2 aromatic carbocycles. The molecule has 1 aromatic heterocycles. The summed E-state index contributed by atoms with van der Waals surface area (Å²) in [5.41, 5.74) is 2.50. The number of hydrogen-bond acceptors (Lipinski definition) is 4. The Kier molecular flexibility index (Phi) is 5.99. The summed E-state index contributed by atoms with van der Waals surface area (Å²) in [4.78, 5) is 12.5. The highest BCUT2D eigenvalue weighted by Crippen LogP contribution is 2.41. The molecule has 1 fully saturated rings. The van der Waals surface area contributed by atoms with E-state index in [9.17, 15) is 22.3 Å². The third kappa shape index (κ3) is 4.90. The lowest BCUT2D eigenvalue weighted by molar-refractivity contribution is 0.439. The second kappa shape index (κ2) is 8.70. The van der Waals surface area contributed by atoms with E-state index in [0.717, 1.165) is 25.0 Å². The quantitative estimate of drug-likeness (QED) is 0.560. The average Bonchev–Trinajstić information content (AvgIpc) is 3.56. The van der Waals surface area contributed by atoms with Crippen LogP contribution in [0.5, 0.6) is 11.5 Å². The maximum Gasteiger partial charge on any atom is 0.253 e. The molecule has 1 aliphatic rings. The first-order valence-electron chi connectivity index (χ1n) is 9.61. The molecule has 0 spiro atoms. The number of aromatic nitrogens is 1. The van der Waals surface area contributed by atoms with E-state index in [2.05, 4.69) is 4.72 Å². The van der Waals surface area contributed by atoms with Crippen LogP contribution in [0.15, 0.2) is 53.5 Å². The van der Waals surface area contributed by atoms with E-state index in [1.807, 2.05) is 0 Å². The van der Waals surface area contributed by atoms with Gasteiger partial charge in [-0.05, 0) is 54.7 Å². The predicted molar refractivity (Wildman–Crippen MR) is 111 cm³/mol. The number of nitrogens with one attached hydrogen (secondary N) is 1. The second-order valence-electron chi connectivity index (χ2n) is 7.44. The van der Waals surface area contributed by atoms with Crippen molar-refractivity contribution in [3.8, 4) is 22.6 Å². The minimum Gasteiger partial charge on any atom is -0.760 e. The molecule has 4 rings (SSSR count). The second-order valence-corrected chi connectivity index (χ2v) is 8.20. The fourth-order valence-corrected chi connectivity index (χ4v) is 3.68. The van der Waals surface area contributed by atoms with Crippen molar-refractivity contribution in [2.24, 2.45) is 7.05 Å². The SMILES string of the molecule is Cn1cc(-c2cc(CNS(=O)[O-])ccc2Oc2ccc(F)cc2F)cc(C2CC2)c1=O. The summed E-state index contributed by atoms with van der Waals surface area (Å²) in [5.74, 6) is -1.22. The van der Waals surface area contributed by atoms with Gasteiger partial charge in [0.1, 0.15) is 11.6 Å². The Morgan fingerprint density at radius 3 is 2.58 bits per heavy atom. The molecular weight excluding hydrogens is 426 g/mol. The predicted octanol–water partition coefficient (Wildman–Crippen LogP) is 3.88. The summed E-state index contributed by atoms with van der Waals surface area (Å²) in [5, 5.41) is 0. The van der Waals surface area contributed by atoms with Crippen molar-refractivity contribution >= 4 is 11.3 Å². The summed E-state index contributed by atoms with van der Waals surface area (Å²) in [7, 11) is 1.66. The minimum atomic E-state index is -2.43. The van der Waals surface area contributed by atoms with E-state index in [0.29, 0.717) is 22.3 Å².